The van der Waals surface area contributed by atoms with Crippen LogP contribution in [0.2, 0.25) is 5.02 Å². The van der Waals surface area contributed by atoms with E-state index in [1.165, 1.54) is 12.8 Å². The number of imidazole rings is 1. The second-order valence-corrected chi connectivity index (χ2v) is 6.72. The molecule has 0 saturated carbocycles. The van der Waals surface area contributed by atoms with E-state index in [-0.39, 0.29) is 5.91 Å². The molecule has 3 heterocycles. The molecular formula is C18H20ClN3O3. The molecule has 132 valence electrons. The fraction of sp³-hybridized carbons (Fsp3) is 0.444. The zero-order valence-corrected chi connectivity index (χ0v) is 14.6. The van der Waals surface area contributed by atoms with Crippen LogP contribution in [-0.2, 0) is 19.5 Å². The van der Waals surface area contributed by atoms with Crippen molar-refractivity contribution in [3.8, 4) is 11.5 Å². The van der Waals surface area contributed by atoms with Crippen molar-refractivity contribution >= 4 is 17.5 Å². The molecule has 6 nitrogen and oxygen atoms in total. The molecule has 0 fully saturated rings. The van der Waals surface area contributed by atoms with Crippen LogP contribution < -0.4 is 14.8 Å². The summed E-state index contributed by atoms with van der Waals surface area (Å²) in [5.74, 6) is 1.93. The lowest BCUT2D eigenvalue weighted by Gasteiger charge is -2.11. The van der Waals surface area contributed by atoms with Crippen molar-refractivity contribution in [1.82, 2.24) is 14.9 Å². The van der Waals surface area contributed by atoms with Gasteiger partial charge in [0.15, 0.2) is 11.5 Å². The number of aryl methyl sites for hydroxylation is 2. The highest BCUT2D eigenvalue weighted by Gasteiger charge is 2.19. The van der Waals surface area contributed by atoms with Crippen molar-refractivity contribution in [2.45, 2.75) is 38.8 Å². The van der Waals surface area contributed by atoms with Gasteiger partial charge >= 0.3 is 0 Å². The largest absolute Gasteiger partial charge is 0.489 e. The van der Waals surface area contributed by atoms with Crippen molar-refractivity contribution in [3.63, 3.8) is 0 Å². The summed E-state index contributed by atoms with van der Waals surface area (Å²) in [6.07, 6.45) is 6.18. The average molecular weight is 362 g/mol. The minimum absolute atomic E-state index is 0.205. The number of carbonyl (C=O) groups is 1. The summed E-state index contributed by atoms with van der Waals surface area (Å²) in [4.78, 5) is 17.1. The molecular weight excluding hydrogens is 342 g/mol. The molecule has 4 rings (SSSR count). The Morgan fingerprint density at radius 3 is 3.00 bits per heavy atom. The van der Waals surface area contributed by atoms with E-state index in [0.29, 0.717) is 41.8 Å². The van der Waals surface area contributed by atoms with Crippen molar-refractivity contribution < 1.29 is 14.3 Å². The van der Waals surface area contributed by atoms with E-state index in [9.17, 15) is 4.79 Å². The lowest BCUT2D eigenvalue weighted by Crippen LogP contribution is -2.23. The van der Waals surface area contributed by atoms with Crippen molar-refractivity contribution in [2.24, 2.45) is 0 Å². The third kappa shape index (κ3) is 3.44. The van der Waals surface area contributed by atoms with Gasteiger partial charge in [0.2, 0.25) is 0 Å². The third-order valence-electron chi connectivity index (χ3n) is 4.45. The van der Waals surface area contributed by atoms with Gasteiger partial charge in [0.1, 0.15) is 5.82 Å². The van der Waals surface area contributed by atoms with Gasteiger partial charge in [-0.05, 0) is 25.0 Å². The molecule has 1 aromatic heterocycles. The molecule has 1 N–H and O–H groups in total. The minimum atomic E-state index is -0.205. The van der Waals surface area contributed by atoms with Gasteiger partial charge < -0.3 is 19.4 Å². The normalized spacial score (nSPS) is 16.0. The molecule has 2 aromatic rings. The monoisotopic (exact) mass is 361 g/mol. The van der Waals surface area contributed by atoms with Gasteiger partial charge in [0.25, 0.3) is 5.91 Å². The predicted octanol–water partition coefficient (Wildman–Crippen LogP) is 2.96. The van der Waals surface area contributed by atoms with Gasteiger partial charge in [-0.25, -0.2) is 4.98 Å². The fourth-order valence-electron chi connectivity index (χ4n) is 3.19. The van der Waals surface area contributed by atoms with Gasteiger partial charge in [-0.3, -0.25) is 4.79 Å². The van der Waals surface area contributed by atoms with E-state index >= 15 is 0 Å². The zero-order chi connectivity index (χ0) is 17.2. The van der Waals surface area contributed by atoms with Crippen LogP contribution in [0.3, 0.4) is 0 Å². The first-order valence-electron chi connectivity index (χ1n) is 8.63. The number of aromatic nitrogens is 2. The molecule has 7 heteroatoms. The summed E-state index contributed by atoms with van der Waals surface area (Å²) in [5, 5.41) is 3.30. The number of fused-ring (bicyclic) bond motifs is 2. The number of rotatable bonds is 3. The number of hydrogen-bond acceptors (Lipinski definition) is 4. The van der Waals surface area contributed by atoms with Gasteiger partial charge in [-0.1, -0.05) is 11.6 Å². The lowest BCUT2D eigenvalue weighted by atomic mass is 10.2. The molecule has 25 heavy (non-hydrogen) atoms. The Labute approximate surface area is 151 Å². The van der Waals surface area contributed by atoms with Gasteiger partial charge in [-0.15, -0.1) is 0 Å². The average Bonchev–Trinajstić information content (AvgIpc) is 2.88. The van der Waals surface area contributed by atoms with Crippen molar-refractivity contribution in [1.29, 1.82) is 0 Å². The molecule has 2 aliphatic heterocycles. The Morgan fingerprint density at radius 2 is 2.12 bits per heavy atom. The number of nitrogens with zero attached hydrogens (tertiary/aromatic N) is 2. The van der Waals surface area contributed by atoms with Gasteiger partial charge in [0.05, 0.1) is 30.5 Å². The van der Waals surface area contributed by atoms with E-state index in [1.807, 2.05) is 6.20 Å². The first-order valence-corrected chi connectivity index (χ1v) is 9.01. The number of ether oxygens (including phenoxy) is 2. The molecule has 1 aromatic carbocycles. The molecule has 0 spiro atoms. The maximum absolute atomic E-state index is 12.5. The Bertz CT molecular complexity index is 780. The van der Waals surface area contributed by atoms with Gasteiger partial charge in [0, 0.05) is 31.1 Å². The number of carbonyl (C=O) groups excluding carboxylic acids is 1. The van der Waals surface area contributed by atoms with Crippen LogP contribution in [0.1, 0.15) is 41.1 Å². The van der Waals surface area contributed by atoms with Crippen LogP contribution in [-0.4, -0.2) is 28.7 Å². The minimum Gasteiger partial charge on any atom is -0.489 e. The van der Waals surface area contributed by atoms with Crippen LogP contribution >= 0.6 is 11.6 Å². The van der Waals surface area contributed by atoms with Crippen LogP contribution in [0.4, 0.5) is 0 Å². The summed E-state index contributed by atoms with van der Waals surface area (Å²) < 4.78 is 13.4. The highest BCUT2D eigenvalue weighted by atomic mass is 35.5. The SMILES string of the molecule is O=C(NCc1cn2c(n1)CCCC2)c1cc(Cl)c2c(c1)OCCCO2. The Balaban J connectivity index is 1.47. The van der Waals surface area contributed by atoms with Crippen LogP contribution in [0.5, 0.6) is 11.5 Å². The Hall–Kier alpha value is -2.21. The molecule has 1 amide bonds. The Morgan fingerprint density at radius 1 is 1.24 bits per heavy atom. The van der Waals surface area contributed by atoms with Crippen LogP contribution in [0, 0.1) is 0 Å². The highest BCUT2D eigenvalue weighted by Crippen LogP contribution is 2.37. The molecule has 0 saturated heterocycles. The molecule has 0 unspecified atom stereocenters. The maximum atomic E-state index is 12.5. The summed E-state index contributed by atoms with van der Waals surface area (Å²) in [6, 6.07) is 3.29. The Kier molecular flexibility index (Phi) is 4.53. The van der Waals surface area contributed by atoms with Crippen LogP contribution in [0.15, 0.2) is 18.3 Å². The number of halogens is 1. The topological polar surface area (TPSA) is 65.4 Å². The van der Waals surface area contributed by atoms with E-state index in [4.69, 9.17) is 21.1 Å². The molecule has 0 bridgehead atoms. The number of nitrogens with one attached hydrogen (secondary N) is 1. The summed E-state index contributed by atoms with van der Waals surface area (Å²) in [6.45, 7) is 2.51. The number of amides is 1. The van der Waals surface area contributed by atoms with E-state index in [1.54, 1.807) is 12.1 Å². The van der Waals surface area contributed by atoms with E-state index in [0.717, 1.165) is 30.9 Å². The summed E-state index contributed by atoms with van der Waals surface area (Å²) in [7, 11) is 0. The standard InChI is InChI=1S/C18H20ClN3O3/c19-14-8-12(9-15-17(14)25-7-3-6-24-15)18(23)20-10-13-11-22-5-2-1-4-16(22)21-13/h8-9,11H,1-7,10H2,(H,20,23). The van der Waals surface area contributed by atoms with Gasteiger partial charge in [-0.2, -0.15) is 0 Å². The predicted molar refractivity (Wildman–Crippen MR) is 93.4 cm³/mol. The van der Waals surface area contributed by atoms with Crippen LogP contribution in [0.25, 0.3) is 0 Å². The quantitative estimate of drug-likeness (QED) is 0.912. The molecule has 2 aliphatic rings. The fourth-order valence-corrected chi connectivity index (χ4v) is 3.46. The molecule has 0 aliphatic carbocycles. The zero-order valence-electron chi connectivity index (χ0n) is 13.9. The first kappa shape index (κ1) is 16.3. The first-order chi connectivity index (χ1) is 12.2. The van der Waals surface area contributed by atoms with Crippen molar-refractivity contribution in [2.75, 3.05) is 13.2 Å². The van der Waals surface area contributed by atoms with E-state index < -0.39 is 0 Å². The summed E-state index contributed by atoms with van der Waals surface area (Å²) >= 11 is 6.25. The summed E-state index contributed by atoms with van der Waals surface area (Å²) in [5.41, 5.74) is 1.34. The molecule has 0 radical (unpaired) electrons. The smallest absolute Gasteiger partial charge is 0.251 e. The lowest BCUT2D eigenvalue weighted by molar-refractivity contribution is 0.0950. The van der Waals surface area contributed by atoms with E-state index in [2.05, 4.69) is 14.9 Å². The number of benzene rings is 1. The highest BCUT2D eigenvalue weighted by molar-refractivity contribution is 6.32. The maximum Gasteiger partial charge on any atom is 0.251 e. The number of hydrogen-bond donors (Lipinski definition) is 1. The second-order valence-electron chi connectivity index (χ2n) is 6.32. The molecule has 0 atom stereocenters. The second kappa shape index (κ2) is 6.96. The van der Waals surface area contributed by atoms with Crippen molar-refractivity contribution in [3.05, 3.63) is 40.4 Å². The third-order valence-corrected chi connectivity index (χ3v) is 4.73.